The topological polar surface area (TPSA) is 66.5 Å². The number of amides is 1. The van der Waals surface area contributed by atoms with Crippen LogP contribution >= 0.6 is 0 Å². The maximum atomic E-state index is 12.2. The molecule has 1 aromatic rings. The number of sulfonamides is 1. The zero-order valence-corrected chi connectivity index (χ0v) is 13.7. The predicted octanol–water partition coefficient (Wildman–Crippen LogP) is 2.06. The number of anilines is 1. The highest BCUT2D eigenvalue weighted by Crippen LogP contribution is 2.34. The van der Waals surface area contributed by atoms with Gasteiger partial charge in [-0.25, -0.2) is 13.1 Å². The Bertz CT molecular complexity index is 653. The third-order valence-electron chi connectivity index (χ3n) is 3.54. The molecule has 0 aliphatic carbocycles. The lowest BCUT2D eigenvalue weighted by Gasteiger charge is -2.22. The largest absolute Gasteiger partial charge is 0.309 e. The molecule has 1 heterocycles. The van der Waals surface area contributed by atoms with Gasteiger partial charge in [-0.1, -0.05) is 6.92 Å². The minimum atomic E-state index is -3.50. The fourth-order valence-electron chi connectivity index (χ4n) is 2.70. The third-order valence-corrected chi connectivity index (χ3v) is 5.20. The highest BCUT2D eigenvalue weighted by molar-refractivity contribution is 7.89. The monoisotopic (exact) mass is 310 g/mol. The van der Waals surface area contributed by atoms with Crippen LogP contribution in [-0.2, 0) is 21.2 Å². The number of nitrogens with zero attached hydrogens (tertiary/aromatic N) is 1. The molecular weight excluding hydrogens is 288 g/mol. The zero-order chi connectivity index (χ0) is 15.8. The smallest absolute Gasteiger partial charge is 0.240 e. The summed E-state index contributed by atoms with van der Waals surface area (Å²) < 4.78 is 27.0. The molecule has 1 atom stereocenters. The van der Waals surface area contributed by atoms with Crippen molar-refractivity contribution < 1.29 is 13.2 Å². The van der Waals surface area contributed by atoms with Gasteiger partial charge in [0.25, 0.3) is 0 Å². The van der Waals surface area contributed by atoms with Crippen LogP contribution in [0.15, 0.2) is 23.1 Å². The molecule has 2 rings (SSSR count). The van der Waals surface area contributed by atoms with Gasteiger partial charge >= 0.3 is 0 Å². The van der Waals surface area contributed by atoms with E-state index in [1.54, 1.807) is 36.9 Å². The lowest BCUT2D eigenvalue weighted by Crippen LogP contribution is -2.35. The van der Waals surface area contributed by atoms with Gasteiger partial charge in [-0.2, -0.15) is 0 Å². The first-order chi connectivity index (χ1) is 9.76. The lowest BCUT2D eigenvalue weighted by atomic mass is 10.1. The van der Waals surface area contributed by atoms with Crippen molar-refractivity contribution in [2.45, 2.75) is 57.5 Å². The molecule has 0 bridgehead atoms. The SMILES string of the molecule is CCC(=O)N1c2ccc(S(=O)(=O)NC(C)C)cc2CC1C. The van der Waals surface area contributed by atoms with Crippen LogP contribution in [0.1, 0.15) is 39.7 Å². The van der Waals surface area contributed by atoms with Crippen LogP contribution in [0, 0.1) is 0 Å². The Balaban J connectivity index is 2.39. The van der Waals surface area contributed by atoms with Gasteiger partial charge in [0.2, 0.25) is 15.9 Å². The van der Waals surface area contributed by atoms with E-state index in [4.69, 9.17) is 0 Å². The Hall–Kier alpha value is -1.40. The molecule has 0 saturated carbocycles. The van der Waals surface area contributed by atoms with Gasteiger partial charge in [0.1, 0.15) is 0 Å². The molecule has 1 aliphatic heterocycles. The summed E-state index contributed by atoms with van der Waals surface area (Å²) in [5.74, 6) is 0.0668. The molecule has 1 N–H and O–H groups in total. The van der Waals surface area contributed by atoms with Gasteiger partial charge < -0.3 is 4.90 Å². The number of fused-ring (bicyclic) bond motifs is 1. The van der Waals surface area contributed by atoms with Gasteiger partial charge in [0, 0.05) is 24.2 Å². The quantitative estimate of drug-likeness (QED) is 0.925. The van der Waals surface area contributed by atoms with Crippen molar-refractivity contribution in [3.8, 4) is 0 Å². The molecule has 0 saturated heterocycles. The maximum Gasteiger partial charge on any atom is 0.240 e. The Kier molecular flexibility index (Phi) is 4.39. The van der Waals surface area contributed by atoms with Crippen molar-refractivity contribution in [3.63, 3.8) is 0 Å². The molecule has 0 fully saturated rings. The minimum absolute atomic E-state index is 0.0668. The summed E-state index contributed by atoms with van der Waals surface area (Å²) in [7, 11) is -3.50. The first-order valence-corrected chi connectivity index (χ1v) is 8.72. The average molecular weight is 310 g/mol. The lowest BCUT2D eigenvalue weighted by molar-refractivity contribution is -0.118. The van der Waals surface area contributed by atoms with Gasteiger partial charge in [0.15, 0.2) is 0 Å². The average Bonchev–Trinajstić information content (AvgIpc) is 2.71. The molecule has 21 heavy (non-hydrogen) atoms. The summed E-state index contributed by atoms with van der Waals surface area (Å²) in [5.41, 5.74) is 1.74. The first kappa shape index (κ1) is 16.0. The Morgan fingerprint density at radius 2 is 2.10 bits per heavy atom. The van der Waals surface area contributed by atoms with E-state index in [1.165, 1.54) is 0 Å². The molecule has 0 aromatic heterocycles. The molecule has 0 spiro atoms. The summed E-state index contributed by atoms with van der Waals surface area (Å²) >= 11 is 0. The standard InChI is InChI=1S/C15H22N2O3S/c1-5-15(18)17-11(4)8-12-9-13(6-7-14(12)17)21(19,20)16-10(2)3/h6-7,9-11,16H,5,8H2,1-4H3. The Labute approximate surface area is 126 Å². The Morgan fingerprint density at radius 1 is 1.43 bits per heavy atom. The second-order valence-electron chi connectivity index (χ2n) is 5.74. The van der Waals surface area contributed by atoms with Gasteiger partial charge in [0.05, 0.1) is 4.90 Å². The van der Waals surface area contributed by atoms with Gasteiger partial charge in [-0.05, 0) is 51.0 Å². The number of rotatable bonds is 4. The van der Waals surface area contributed by atoms with E-state index >= 15 is 0 Å². The second-order valence-corrected chi connectivity index (χ2v) is 7.45. The van der Waals surface area contributed by atoms with E-state index in [1.807, 2.05) is 13.8 Å². The Morgan fingerprint density at radius 3 is 2.67 bits per heavy atom. The molecular formula is C15H22N2O3S. The van der Waals surface area contributed by atoms with E-state index in [9.17, 15) is 13.2 Å². The van der Waals surface area contributed by atoms with Crippen LogP contribution < -0.4 is 9.62 Å². The van der Waals surface area contributed by atoms with Gasteiger partial charge in [-0.15, -0.1) is 0 Å². The molecule has 1 amide bonds. The molecule has 1 aliphatic rings. The van der Waals surface area contributed by atoms with E-state index in [0.29, 0.717) is 12.8 Å². The molecule has 5 nitrogen and oxygen atoms in total. The van der Waals surface area contributed by atoms with Crippen molar-refractivity contribution in [2.75, 3.05) is 4.90 Å². The van der Waals surface area contributed by atoms with Crippen LogP contribution in [0.5, 0.6) is 0 Å². The van der Waals surface area contributed by atoms with Crippen molar-refractivity contribution in [3.05, 3.63) is 23.8 Å². The van der Waals surface area contributed by atoms with Crippen LogP contribution in [0.4, 0.5) is 5.69 Å². The van der Waals surface area contributed by atoms with E-state index in [-0.39, 0.29) is 22.9 Å². The summed E-state index contributed by atoms with van der Waals surface area (Å²) in [5, 5.41) is 0. The normalized spacial score (nSPS) is 18.1. The van der Waals surface area contributed by atoms with Crippen molar-refractivity contribution in [1.82, 2.24) is 4.72 Å². The fourth-order valence-corrected chi connectivity index (χ4v) is 4.00. The molecule has 1 aromatic carbocycles. The van der Waals surface area contributed by atoms with E-state index in [0.717, 1.165) is 11.3 Å². The summed E-state index contributed by atoms with van der Waals surface area (Å²) in [6, 6.07) is 4.90. The second kappa shape index (κ2) is 5.77. The molecule has 1 unspecified atom stereocenters. The van der Waals surface area contributed by atoms with Crippen molar-refractivity contribution in [2.24, 2.45) is 0 Å². The fraction of sp³-hybridized carbons (Fsp3) is 0.533. The highest BCUT2D eigenvalue weighted by Gasteiger charge is 2.31. The molecule has 0 radical (unpaired) electrons. The van der Waals surface area contributed by atoms with E-state index in [2.05, 4.69) is 4.72 Å². The van der Waals surface area contributed by atoms with E-state index < -0.39 is 10.0 Å². The zero-order valence-electron chi connectivity index (χ0n) is 12.9. The number of carbonyl (C=O) groups is 1. The number of benzene rings is 1. The number of carbonyl (C=O) groups excluding carboxylic acids is 1. The minimum Gasteiger partial charge on any atom is -0.309 e. The molecule has 116 valence electrons. The van der Waals surface area contributed by atoms with Crippen molar-refractivity contribution >= 4 is 21.6 Å². The summed E-state index contributed by atoms with van der Waals surface area (Å²) in [6.07, 6.45) is 1.13. The summed E-state index contributed by atoms with van der Waals surface area (Å²) in [6.45, 7) is 7.38. The van der Waals surface area contributed by atoms with Crippen LogP contribution in [0.2, 0.25) is 0 Å². The van der Waals surface area contributed by atoms with Gasteiger partial charge in [-0.3, -0.25) is 4.79 Å². The van der Waals surface area contributed by atoms with Crippen LogP contribution in [-0.4, -0.2) is 26.4 Å². The van der Waals surface area contributed by atoms with Crippen molar-refractivity contribution in [1.29, 1.82) is 0 Å². The summed E-state index contributed by atoms with van der Waals surface area (Å²) in [4.78, 5) is 14.0. The first-order valence-electron chi connectivity index (χ1n) is 7.23. The maximum absolute atomic E-state index is 12.2. The number of nitrogens with one attached hydrogen (secondary N) is 1. The molecule has 6 heteroatoms. The van der Waals surface area contributed by atoms with Crippen LogP contribution in [0.3, 0.4) is 0 Å². The number of hydrogen-bond acceptors (Lipinski definition) is 3. The number of hydrogen-bond donors (Lipinski definition) is 1. The highest BCUT2D eigenvalue weighted by atomic mass is 32.2. The van der Waals surface area contributed by atoms with Crippen LogP contribution in [0.25, 0.3) is 0 Å². The predicted molar refractivity (Wildman–Crippen MR) is 82.8 cm³/mol. The third kappa shape index (κ3) is 3.11.